The van der Waals surface area contributed by atoms with Crippen LogP contribution in [-0.4, -0.2) is 17.4 Å². The van der Waals surface area contributed by atoms with Gasteiger partial charge in [0.25, 0.3) is 0 Å². The molecular formula is C15H20N2O2S. The molecule has 0 radical (unpaired) electrons. The van der Waals surface area contributed by atoms with Crippen molar-refractivity contribution in [2.24, 2.45) is 11.1 Å². The van der Waals surface area contributed by atoms with Crippen LogP contribution < -0.4 is 5.73 Å². The molecule has 0 aliphatic carbocycles. The predicted octanol–water partition coefficient (Wildman–Crippen LogP) is 2.85. The van der Waals surface area contributed by atoms with E-state index in [1.807, 2.05) is 43.5 Å². The molecule has 20 heavy (non-hydrogen) atoms. The Morgan fingerprint density at radius 2 is 2.15 bits per heavy atom. The van der Waals surface area contributed by atoms with Crippen LogP contribution in [0.4, 0.5) is 0 Å². The number of nitrogens with two attached hydrogens (primary N) is 1. The average molecular weight is 292 g/mol. The van der Waals surface area contributed by atoms with E-state index in [9.17, 15) is 4.79 Å². The molecule has 0 saturated heterocycles. The summed E-state index contributed by atoms with van der Waals surface area (Å²) < 4.78 is 5.36. The SMILES string of the molecule is CC(C)(CN)C(=O)N(Cc1ccco1)Cc1cccs1. The summed E-state index contributed by atoms with van der Waals surface area (Å²) in [6, 6.07) is 7.73. The van der Waals surface area contributed by atoms with Crippen molar-refractivity contribution in [2.45, 2.75) is 26.9 Å². The first kappa shape index (κ1) is 14.8. The Labute approximate surface area is 123 Å². The van der Waals surface area contributed by atoms with Gasteiger partial charge in [-0.1, -0.05) is 6.07 Å². The normalized spacial score (nSPS) is 11.6. The van der Waals surface area contributed by atoms with E-state index in [-0.39, 0.29) is 5.91 Å². The van der Waals surface area contributed by atoms with Crippen molar-refractivity contribution < 1.29 is 9.21 Å². The number of carbonyl (C=O) groups is 1. The number of hydrogen-bond donors (Lipinski definition) is 1. The van der Waals surface area contributed by atoms with Crippen LogP contribution >= 0.6 is 11.3 Å². The molecule has 5 heteroatoms. The van der Waals surface area contributed by atoms with Crippen molar-refractivity contribution >= 4 is 17.2 Å². The van der Waals surface area contributed by atoms with Crippen molar-refractivity contribution in [3.05, 3.63) is 46.5 Å². The molecular weight excluding hydrogens is 272 g/mol. The van der Waals surface area contributed by atoms with Crippen LogP contribution in [0.3, 0.4) is 0 Å². The maximum atomic E-state index is 12.7. The first-order valence-electron chi connectivity index (χ1n) is 6.57. The first-order chi connectivity index (χ1) is 9.53. The van der Waals surface area contributed by atoms with E-state index in [2.05, 4.69) is 0 Å². The highest BCUT2D eigenvalue weighted by Gasteiger charge is 2.31. The molecule has 1 amide bonds. The van der Waals surface area contributed by atoms with Gasteiger partial charge in [0.1, 0.15) is 5.76 Å². The monoisotopic (exact) mass is 292 g/mol. The Morgan fingerprint density at radius 3 is 2.70 bits per heavy atom. The quantitative estimate of drug-likeness (QED) is 0.890. The highest BCUT2D eigenvalue weighted by Crippen LogP contribution is 2.22. The van der Waals surface area contributed by atoms with Gasteiger partial charge in [0.2, 0.25) is 5.91 Å². The van der Waals surface area contributed by atoms with E-state index >= 15 is 0 Å². The molecule has 0 spiro atoms. The summed E-state index contributed by atoms with van der Waals surface area (Å²) in [6.07, 6.45) is 1.62. The Bertz CT molecular complexity index is 496. The zero-order valence-electron chi connectivity index (χ0n) is 11.8. The molecule has 108 valence electrons. The van der Waals surface area contributed by atoms with E-state index < -0.39 is 5.41 Å². The largest absolute Gasteiger partial charge is 0.467 e. The van der Waals surface area contributed by atoms with Crippen molar-refractivity contribution in [1.82, 2.24) is 4.90 Å². The number of furan rings is 1. The van der Waals surface area contributed by atoms with Gasteiger partial charge in [-0.25, -0.2) is 0 Å². The van der Waals surface area contributed by atoms with Gasteiger partial charge in [0, 0.05) is 11.4 Å². The van der Waals surface area contributed by atoms with Crippen molar-refractivity contribution in [2.75, 3.05) is 6.54 Å². The topological polar surface area (TPSA) is 59.5 Å². The Balaban J connectivity index is 2.17. The number of nitrogens with zero attached hydrogens (tertiary/aromatic N) is 1. The van der Waals surface area contributed by atoms with Gasteiger partial charge in [0.15, 0.2) is 0 Å². The van der Waals surface area contributed by atoms with Crippen LogP contribution in [0.5, 0.6) is 0 Å². The lowest BCUT2D eigenvalue weighted by atomic mass is 9.91. The second-order valence-corrected chi connectivity index (χ2v) is 6.44. The van der Waals surface area contributed by atoms with Gasteiger partial charge in [-0.05, 0) is 37.4 Å². The molecule has 2 aromatic rings. The minimum Gasteiger partial charge on any atom is -0.467 e. The molecule has 2 rings (SSSR count). The molecule has 0 aliphatic heterocycles. The van der Waals surface area contributed by atoms with Crippen LogP contribution in [0.25, 0.3) is 0 Å². The standard InChI is InChI=1S/C15H20N2O2S/c1-15(2,11-16)14(18)17(9-12-5-3-7-19-12)10-13-6-4-8-20-13/h3-8H,9-11,16H2,1-2H3. The Hall–Kier alpha value is -1.59. The Morgan fingerprint density at radius 1 is 1.35 bits per heavy atom. The van der Waals surface area contributed by atoms with Gasteiger partial charge >= 0.3 is 0 Å². The minimum atomic E-state index is -0.566. The van der Waals surface area contributed by atoms with Crippen molar-refractivity contribution in [3.8, 4) is 0 Å². The third-order valence-corrected chi connectivity index (χ3v) is 4.09. The zero-order chi connectivity index (χ0) is 14.6. The summed E-state index contributed by atoms with van der Waals surface area (Å²) in [5.41, 5.74) is 5.16. The van der Waals surface area contributed by atoms with Crippen LogP contribution in [-0.2, 0) is 17.9 Å². The molecule has 0 unspecified atom stereocenters. The van der Waals surface area contributed by atoms with E-state index in [1.165, 1.54) is 0 Å². The second kappa shape index (κ2) is 6.24. The van der Waals surface area contributed by atoms with Gasteiger partial charge in [-0.15, -0.1) is 11.3 Å². The zero-order valence-corrected chi connectivity index (χ0v) is 12.7. The maximum absolute atomic E-state index is 12.7. The third kappa shape index (κ3) is 3.49. The first-order valence-corrected chi connectivity index (χ1v) is 7.45. The minimum absolute atomic E-state index is 0.0461. The molecule has 0 aliphatic rings. The summed E-state index contributed by atoms with van der Waals surface area (Å²) in [4.78, 5) is 15.6. The highest BCUT2D eigenvalue weighted by molar-refractivity contribution is 7.09. The van der Waals surface area contributed by atoms with E-state index in [1.54, 1.807) is 22.5 Å². The molecule has 0 saturated carbocycles. The summed E-state index contributed by atoms with van der Waals surface area (Å²) in [5, 5.41) is 2.01. The van der Waals surface area contributed by atoms with E-state index in [0.717, 1.165) is 10.6 Å². The number of hydrogen-bond acceptors (Lipinski definition) is 4. The van der Waals surface area contributed by atoms with Crippen LogP contribution in [0, 0.1) is 5.41 Å². The average Bonchev–Trinajstić information content (AvgIpc) is 3.10. The summed E-state index contributed by atoms with van der Waals surface area (Å²) in [5.74, 6) is 0.826. The van der Waals surface area contributed by atoms with Crippen LogP contribution in [0.2, 0.25) is 0 Å². The van der Waals surface area contributed by atoms with Gasteiger partial charge in [0.05, 0.1) is 24.8 Å². The Kier molecular flexibility index (Phi) is 4.62. The van der Waals surface area contributed by atoms with Crippen molar-refractivity contribution in [1.29, 1.82) is 0 Å². The fourth-order valence-electron chi connectivity index (χ4n) is 1.90. The molecule has 2 N–H and O–H groups in total. The number of carbonyl (C=O) groups excluding carboxylic acids is 1. The molecule has 2 aromatic heterocycles. The molecule has 0 bridgehead atoms. The molecule has 0 atom stereocenters. The lowest BCUT2D eigenvalue weighted by Gasteiger charge is -2.30. The number of amides is 1. The van der Waals surface area contributed by atoms with Gasteiger partial charge in [-0.2, -0.15) is 0 Å². The predicted molar refractivity (Wildman–Crippen MR) is 80.1 cm³/mol. The fraction of sp³-hybridized carbons (Fsp3) is 0.400. The summed E-state index contributed by atoms with van der Waals surface area (Å²) in [6.45, 7) is 5.12. The van der Waals surface area contributed by atoms with Crippen LogP contribution in [0.1, 0.15) is 24.5 Å². The second-order valence-electron chi connectivity index (χ2n) is 5.41. The third-order valence-electron chi connectivity index (χ3n) is 3.23. The van der Waals surface area contributed by atoms with Gasteiger partial charge in [-0.3, -0.25) is 4.79 Å². The smallest absolute Gasteiger partial charge is 0.230 e. The van der Waals surface area contributed by atoms with E-state index in [4.69, 9.17) is 10.2 Å². The number of thiophene rings is 1. The number of rotatable bonds is 6. The lowest BCUT2D eigenvalue weighted by Crippen LogP contribution is -2.43. The molecule has 0 aromatic carbocycles. The summed E-state index contributed by atoms with van der Waals surface area (Å²) >= 11 is 1.64. The van der Waals surface area contributed by atoms with E-state index in [0.29, 0.717) is 19.6 Å². The van der Waals surface area contributed by atoms with Gasteiger partial charge < -0.3 is 15.1 Å². The molecule has 2 heterocycles. The maximum Gasteiger partial charge on any atom is 0.230 e. The highest BCUT2D eigenvalue weighted by atomic mass is 32.1. The molecule has 0 fully saturated rings. The fourth-order valence-corrected chi connectivity index (χ4v) is 2.62. The van der Waals surface area contributed by atoms with Crippen molar-refractivity contribution in [3.63, 3.8) is 0 Å². The summed E-state index contributed by atoms with van der Waals surface area (Å²) in [7, 11) is 0. The lowest BCUT2D eigenvalue weighted by molar-refractivity contribution is -0.141. The van der Waals surface area contributed by atoms with Crippen LogP contribution in [0.15, 0.2) is 40.3 Å². The molecule has 4 nitrogen and oxygen atoms in total.